The highest BCUT2D eigenvalue weighted by Gasteiger charge is 2.06. The van der Waals surface area contributed by atoms with Crippen LogP contribution in [0, 0.1) is 0 Å². The molecule has 0 unspecified atom stereocenters. The highest BCUT2D eigenvalue weighted by molar-refractivity contribution is 5.79. The maximum atomic E-state index is 6.05. The van der Waals surface area contributed by atoms with Gasteiger partial charge < -0.3 is 5.73 Å². The van der Waals surface area contributed by atoms with Gasteiger partial charge in [0, 0.05) is 11.3 Å². The third kappa shape index (κ3) is 1.98. The largest absolute Gasteiger partial charge is 0.398 e. The van der Waals surface area contributed by atoms with E-state index in [2.05, 4.69) is 24.8 Å². The van der Waals surface area contributed by atoms with Gasteiger partial charge in [0.25, 0.3) is 0 Å². The quantitative estimate of drug-likeness (QED) is 0.606. The average Bonchev–Trinajstić information content (AvgIpc) is 2.31. The topological polar surface area (TPSA) is 26.0 Å². The molecule has 1 nitrogen and oxygen atoms in total. The Balaban J connectivity index is 2.58. The molecule has 0 bridgehead atoms. The van der Waals surface area contributed by atoms with E-state index in [1.165, 1.54) is 5.56 Å². The molecule has 0 saturated heterocycles. The van der Waals surface area contributed by atoms with Gasteiger partial charge in [0.15, 0.2) is 0 Å². The van der Waals surface area contributed by atoms with Gasteiger partial charge in [-0.1, -0.05) is 48.5 Å². The normalized spacial score (nSPS) is 10.0. The fourth-order valence-corrected chi connectivity index (χ4v) is 1.90. The summed E-state index contributed by atoms with van der Waals surface area (Å²) in [6.07, 6.45) is 2.75. The number of hydrogen-bond acceptors (Lipinski definition) is 1. The fraction of sp³-hybridized carbons (Fsp3) is 0.0667. The molecule has 0 amide bonds. The van der Waals surface area contributed by atoms with Gasteiger partial charge in [0.1, 0.15) is 0 Å². The van der Waals surface area contributed by atoms with Gasteiger partial charge in [0.2, 0.25) is 0 Å². The van der Waals surface area contributed by atoms with Crippen molar-refractivity contribution in [1.29, 1.82) is 0 Å². The lowest BCUT2D eigenvalue weighted by Gasteiger charge is -2.11. The summed E-state index contributed by atoms with van der Waals surface area (Å²) in [4.78, 5) is 0. The summed E-state index contributed by atoms with van der Waals surface area (Å²) < 4.78 is 0. The van der Waals surface area contributed by atoms with E-state index in [1.54, 1.807) is 0 Å². The molecule has 0 radical (unpaired) electrons. The first-order valence-corrected chi connectivity index (χ1v) is 5.36. The zero-order valence-corrected chi connectivity index (χ0v) is 9.19. The van der Waals surface area contributed by atoms with Gasteiger partial charge in [0.05, 0.1) is 0 Å². The van der Waals surface area contributed by atoms with E-state index in [0.717, 1.165) is 23.2 Å². The summed E-state index contributed by atoms with van der Waals surface area (Å²) in [6, 6.07) is 16.3. The van der Waals surface area contributed by atoms with Gasteiger partial charge in [-0.2, -0.15) is 0 Å². The van der Waals surface area contributed by atoms with Crippen LogP contribution in [0.15, 0.2) is 61.2 Å². The zero-order chi connectivity index (χ0) is 11.4. The Kier molecular flexibility index (Phi) is 3.06. The van der Waals surface area contributed by atoms with Gasteiger partial charge in [-0.15, -0.1) is 6.58 Å². The van der Waals surface area contributed by atoms with Crippen LogP contribution in [-0.4, -0.2) is 0 Å². The van der Waals surface area contributed by atoms with Crippen molar-refractivity contribution >= 4 is 5.69 Å². The van der Waals surface area contributed by atoms with Gasteiger partial charge in [-0.3, -0.25) is 0 Å². The maximum absolute atomic E-state index is 6.05. The number of allylic oxidation sites excluding steroid dienone is 1. The first kappa shape index (κ1) is 10.5. The van der Waals surface area contributed by atoms with Crippen LogP contribution < -0.4 is 5.73 Å². The zero-order valence-electron chi connectivity index (χ0n) is 9.19. The van der Waals surface area contributed by atoms with Crippen molar-refractivity contribution < 1.29 is 0 Å². The van der Waals surface area contributed by atoms with Crippen LogP contribution in [0.4, 0.5) is 5.69 Å². The second kappa shape index (κ2) is 4.67. The van der Waals surface area contributed by atoms with E-state index in [1.807, 2.05) is 36.4 Å². The predicted molar refractivity (Wildman–Crippen MR) is 70.2 cm³/mol. The lowest BCUT2D eigenvalue weighted by molar-refractivity contribution is 1.28. The Morgan fingerprint density at radius 2 is 1.75 bits per heavy atom. The van der Waals surface area contributed by atoms with Crippen LogP contribution in [0.1, 0.15) is 5.56 Å². The van der Waals surface area contributed by atoms with Crippen LogP contribution in [0.2, 0.25) is 0 Å². The molecule has 1 heteroatoms. The molecule has 16 heavy (non-hydrogen) atoms. The molecule has 0 aliphatic rings. The number of rotatable bonds is 3. The van der Waals surface area contributed by atoms with Crippen LogP contribution in [-0.2, 0) is 6.42 Å². The molecule has 0 aliphatic heterocycles. The van der Waals surface area contributed by atoms with Crippen molar-refractivity contribution in [3.05, 3.63) is 66.7 Å². The van der Waals surface area contributed by atoms with Crippen molar-refractivity contribution in [2.24, 2.45) is 0 Å². The third-order valence-corrected chi connectivity index (χ3v) is 2.61. The first-order valence-electron chi connectivity index (χ1n) is 5.36. The monoisotopic (exact) mass is 209 g/mol. The van der Waals surface area contributed by atoms with Crippen LogP contribution >= 0.6 is 0 Å². The highest BCUT2D eigenvalue weighted by atomic mass is 14.6. The standard InChI is InChI=1S/C15H15N/c1-2-7-12-10-6-11-14(16)15(12)13-8-4-3-5-9-13/h2-6,8-11H,1,7,16H2. The molecule has 0 aromatic heterocycles. The number of benzene rings is 2. The van der Waals surface area contributed by atoms with Gasteiger partial charge in [-0.25, -0.2) is 0 Å². The Morgan fingerprint density at radius 3 is 2.44 bits per heavy atom. The van der Waals surface area contributed by atoms with Crippen LogP contribution in [0.25, 0.3) is 11.1 Å². The summed E-state index contributed by atoms with van der Waals surface area (Å²) in [7, 11) is 0. The van der Waals surface area contributed by atoms with Crippen molar-refractivity contribution in [3.63, 3.8) is 0 Å². The number of anilines is 1. The molecule has 0 spiro atoms. The predicted octanol–water partition coefficient (Wildman–Crippen LogP) is 3.66. The number of nitrogen functional groups attached to an aromatic ring is 1. The lowest BCUT2D eigenvalue weighted by Crippen LogP contribution is -1.95. The van der Waals surface area contributed by atoms with E-state index in [4.69, 9.17) is 5.73 Å². The summed E-state index contributed by atoms with van der Waals surface area (Å²) in [6.45, 7) is 3.78. The molecule has 0 atom stereocenters. The van der Waals surface area contributed by atoms with Crippen LogP contribution in [0.5, 0.6) is 0 Å². The van der Waals surface area contributed by atoms with Crippen molar-refractivity contribution in [2.75, 3.05) is 5.73 Å². The van der Waals surface area contributed by atoms with E-state index in [0.29, 0.717) is 0 Å². The van der Waals surface area contributed by atoms with E-state index in [-0.39, 0.29) is 0 Å². The number of hydrogen-bond donors (Lipinski definition) is 1. The molecule has 0 fully saturated rings. The summed E-state index contributed by atoms with van der Waals surface area (Å²) >= 11 is 0. The van der Waals surface area contributed by atoms with E-state index < -0.39 is 0 Å². The molecule has 0 aliphatic carbocycles. The number of nitrogens with two attached hydrogens (primary N) is 1. The SMILES string of the molecule is C=CCc1cccc(N)c1-c1ccccc1. The Bertz CT molecular complexity index is 486. The molecule has 0 heterocycles. The molecular formula is C15H15N. The molecule has 2 rings (SSSR count). The second-order valence-corrected chi connectivity index (χ2v) is 3.74. The molecular weight excluding hydrogens is 194 g/mol. The van der Waals surface area contributed by atoms with E-state index >= 15 is 0 Å². The summed E-state index contributed by atoms with van der Waals surface area (Å²) in [5.41, 5.74) is 10.4. The highest BCUT2D eigenvalue weighted by Crippen LogP contribution is 2.29. The Hall–Kier alpha value is -2.02. The lowest BCUT2D eigenvalue weighted by atomic mass is 9.96. The second-order valence-electron chi connectivity index (χ2n) is 3.74. The van der Waals surface area contributed by atoms with Crippen molar-refractivity contribution in [3.8, 4) is 11.1 Å². The van der Waals surface area contributed by atoms with E-state index in [9.17, 15) is 0 Å². The maximum Gasteiger partial charge on any atom is 0.0396 e. The Labute approximate surface area is 96.2 Å². The smallest absolute Gasteiger partial charge is 0.0396 e. The summed E-state index contributed by atoms with van der Waals surface area (Å²) in [5.74, 6) is 0. The molecule has 80 valence electrons. The minimum atomic E-state index is 0.825. The third-order valence-electron chi connectivity index (χ3n) is 2.61. The van der Waals surface area contributed by atoms with Gasteiger partial charge in [-0.05, 0) is 23.6 Å². The molecule has 2 aromatic carbocycles. The average molecular weight is 209 g/mol. The summed E-state index contributed by atoms with van der Waals surface area (Å²) in [5, 5.41) is 0. The minimum absolute atomic E-state index is 0.825. The van der Waals surface area contributed by atoms with Crippen molar-refractivity contribution in [1.82, 2.24) is 0 Å². The van der Waals surface area contributed by atoms with Crippen LogP contribution in [0.3, 0.4) is 0 Å². The first-order chi connectivity index (χ1) is 7.83. The van der Waals surface area contributed by atoms with Crippen molar-refractivity contribution in [2.45, 2.75) is 6.42 Å². The van der Waals surface area contributed by atoms with Gasteiger partial charge >= 0.3 is 0 Å². The molecule has 2 N–H and O–H groups in total. The molecule has 2 aromatic rings. The molecule has 0 saturated carbocycles. The fourth-order valence-electron chi connectivity index (χ4n) is 1.90. The Morgan fingerprint density at radius 1 is 1.00 bits per heavy atom. The minimum Gasteiger partial charge on any atom is -0.398 e.